The summed E-state index contributed by atoms with van der Waals surface area (Å²) < 4.78 is 0. The number of aromatic amines is 1. The second-order valence-corrected chi connectivity index (χ2v) is 4.89. The molecule has 3 heteroatoms. The van der Waals surface area contributed by atoms with E-state index in [0.717, 1.165) is 32.5 Å². The first-order valence-corrected chi connectivity index (χ1v) is 6.28. The van der Waals surface area contributed by atoms with E-state index in [4.69, 9.17) is 0 Å². The third kappa shape index (κ3) is 2.21. The van der Waals surface area contributed by atoms with Crippen molar-refractivity contribution in [2.75, 3.05) is 13.1 Å². The molecule has 1 aliphatic heterocycles. The molecule has 1 aliphatic rings. The Morgan fingerprint density at radius 2 is 2.24 bits per heavy atom. The third-order valence-electron chi connectivity index (χ3n) is 3.55. The number of β-amino-alcohol motifs (C(OH)–C–C–N with tert-alkyl or cyclic N) is 1. The number of nitrogens with zero attached hydrogens (tertiary/aromatic N) is 1. The predicted molar refractivity (Wildman–Crippen MR) is 68.8 cm³/mol. The van der Waals surface area contributed by atoms with E-state index < -0.39 is 0 Å². The second kappa shape index (κ2) is 4.51. The van der Waals surface area contributed by atoms with Crippen LogP contribution in [-0.4, -0.2) is 34.2 Å². The zero-order valence-electron chi connectivity index (χ0n) is 9.89. The highest BCUT2D eigenvalue weighted by molar-refractivity contribution is 5.82. The zero-order chi connectivity index (χ0) is 11.7. The highest BCUT2D eigenvalue weighted by Crippen LogP contribution is 2.21. The Labute approximate surface area is 101 Å². The molecule has 0 aliphatic carbocycles. The maximum absolute atomic E-state index is 9.67. The molecule has 1 saturated heterocycles. The van der Waals surface area contributed by atoms with Crippen molar-refractivity contribution in [1.29, 1.82) is 0 Å². The number of fused-ring (bicyclic) bond motifs is 1. The molecule has 3 rings (SSSR count). The second-order valence-electron chi connectivity index (χ2n) is 4.89. The molecule has 0 amide bonds. The lowest BCUT2D eigenvalue weighted by atomic mass is 10.1. The van der Waals surface area contributed by atoms with Crippen LogP contribution in [0.15, 0.2) is 30.5 Å². The number of aliphatic hydroxyl groups is 1. The Balaban J connectivity index is 1.80. The highest BCUT2D eigenvalue weighted by Gasteiger charge is 2.18. The number of piperidine rings is 1. The smallest absolute Gasteiger partial charge is 0.0667 e. The van der Waals surface area contributed by atoms with Crippen LogP contribution in [0.5, 0.6) is 0 Å². The standard InChI is InChI=1S/C14H18N2O/c17-12-4-3-7-16(10-12)9-11-8-15-14-6-2-1-5-13(11)14/h1-2,5-6,8,12,15,17H,3-4,7,9-10H2. The number of H-pyrrole nitrogens is 1. The SMILES string of the molecule is OC1CCCN(Cc2c[nH]c3ccccc23)C1. The minimum atomic E-state index is -0.144. The van der Waals surface area contributed by atoms with E-state index in [-0.39, 0.29) is 6.10 Å². The molecule has 90 valence electrons. The fourth-order valence-electron chi connectivity index (χ4n) is 2.68. The lowest BCUT2D eigenvalue weighted by molar-refractivity contribution is 0.0670. The minimum absolute atomic E-state index is 0.144. The zero-order valence-corrected chi connectivity index (χ0v) is 9.89. The van der Waals surface area contributed by atoms with Gasteiger partial charge in [-0.2, -0.15) is 0 Å². The number of nitrogens with one attached hydrogen (secondary N) is 1. The summed E-state index contributed by atoms with van der Waals surface area (Å²) in [5.74, 6) is 0. The maximum Gasteiger partial charge on any atom is 0.0667 e. The van der Waals surface area contributed by atoms with Crippen molar-refractivity contribution in [2.45, 2.75) is 25.5 Å². The molecule has 2 heterocycles. The van der Waals surface area contributed by atoms with Gasteiger partial charge < -0.3 is 10.1 Å². The summed E-state index contributed by atoms with van der Waals surface area (Å²) in [6.45, 7) is 2.83. The first-order valence-electron chi connectivity index (χ1n) is 6.28. The fraction of sp³-hybridized carbons (Fsp3) is 0.429. The number of rotatable bonds is 2. The molecule has 1 unspecified atom stereocenters. The van der Waals surface area contributed by atoms with Crippen LogP contribution < -0.4 is 0 Å². The van der Waals surface area contributed by atoms with Crippen LogP contribution in [0.25, 0.3) is 10.9 Å². The van der Waals surface area contributed by atoms with Crippen molar-refractivity contribution in [3.05, 3.63) is 36.0 Å². The molecule has 2 aromatic rings. The summed E-state index contributed by atoms with van der Waals surface area (Å²) in [6, 6.07) is 8.38. The molecule has 1 aromatic heterocycles. The van der Waals surface area contributed by atoms with Crippen molar-refractivity contribution in [3.63, 3.8) is 0 Å². The van der Waals surface area contributed by atoms with E-state index >= 15 is 0 Å². The summed E-state index contributed by atoms with van der Waals surface area (Å²) in [5.41, 5.74) is 2.52. The van der Waals surface area contributed by atoms with Crippen LogP contribution in [0, 0.1) is 0 Å². The van der Waals surface area contributed by atoms with Gasteiger partial charge in [0, 0.05) is 30.2 Å². The Kier molecular flexibility index (Phi) is 2.87. The van der Waals surface area contributed by atoms with Crippen LogP contribution >= 0.6 is 0 Å². The Bertz CT molecular complexity index is 506. The number of hydrogen-bond acceptors (Lipinski definition) is 2. The van der Waals surface area contributed by atoms with Gasteiger partial charge in [0.2, 0.25) is 0 Å². The molecule has 0 saturated carbocycles. The predicted octanol–water partition coefficient (Wildman–Crippen LogP) is 2.12. The van der Waals surface area contributed by atoms with Crippen LogP contribution in [0.1, 0.15) is 18.4 Å². The van der Waals surface area contributed by atoms with Crippen LogP contribution in [-0.2, 0) is 6.54 Å². The molecule has 1 fully saturated rings. The largest absolute Gasteiger partial charge is 0.392 e. The van der Waals surface area contributed by atoms with E-state index in [1.54, 1.807) is 0 Å². The van der Waals surface area contributed by atoms with Gasteiger partial charge in [-0.25, -0.2) is 0 Å². The maximum atomic E-state index is 9.67. The van der Waals surface area contributed by atoms with Crippen LogP contribution in [0.2, 0.25) is 0 Å². The molecule has 1 atom stereocenters. The summed E-state index contributed by atoms with van der Waals surface area (Å²) in [6.07, 6.45) is 3.99. The van der Waals surface area contributed by atoms with Gasteiger partial charge in [0.05, 0.1) is 6.10 Å². The molecule has 0 spiro atoms. The first kappa shape index (κ1) is 10.8. The van der Waals surface area contributed by atoms with Gasteiger partial charge in [-0.05, 0) is 31.0 Å². The van der Waals surface area contributed by atoms with E-state index in [0.29, 0.717) is 0 Å². The molecular formula is C14H18N2O. The van der Waals surface area contributed by atoms with Gasteiger partial charge in [0.15, 0.2) is 0 Å². The molecule has 0 radical (unpaired) electrons. The first-order chi connectivity index (χ1) is 8.33. The molecule has 17 heavy (non-hydrogen) atoms. The minimum Gasteiger partial charge on any atom is -0.392 e. The summed E-state index contributed by atoms with van der Waals surface area (Å²) >= 11 is 0. The Morgan fingerprint density at radius 3 is 3.12 bits per heavy atom. The Hall–Kier alpha value is -1.32. The van der Waals surface area contributed by atoms with Crippen molar-refractivity contribution < 1.29 is 5.11 Å². The lowest BCUT2D eigenvalue weighted by Gasteiger charge is -2.29. The van der Waals surface area contributed by atoms with Gasteiger partial charge in [0.1, 0.15) is 0 Å². The number of aromatic nitrogens is 1. The van der Waals surface area contributed by atoms with Crippen LogP contribution in [0.3, 0.4) is 0 Å². The molecule has 0 bridgehead atoms. The molecule has 3 nitrogen and oxygen atoms in total. The topological polar surface area (TPSA) is 39.3 Å². The normalized spacial score (nSPS) is 22.1. The number of hydrogen-bond donors (Lipinski definition) is 2. The molecular weight excluding hydrogens is 212 g/mol. The summed E-state index contributed by atoms with van der Waals surface area (Å²) in [7, 11) is 0. The summed E-state index contributed by atoms with van der Waals surface area (Å²) in [5, 5.41) is 11.0. The van der Waals surface area contributed by atoms with E-state index in [2.05, 4.69) is 34.3 Å². The van der Waals surface area contributed by atoms with Gasteiger partial charge in [-0.15, -0.1) is 0 Å². The van der Waals surface area contributed by atoms with Gasteiger partial charge in [0.25, 0.3) is 0 Å². The molecule has 1 aromatic carbocycles. The average molecular weight is 230 g/mol. The summed E-state index contributed by atoms with van der Waals surface area (Å²) in [4.78, 5) is 5.64. The van der Waals surface area contributed by atoms with E-state index in [1.165, 1.54) is 16.5 Å². The van der Waals surface area contributed by atoms with Crippen molar-refractivity contribution in [3.8, 4) is 0 Å². The van der Waals surface area contributed by atoms with Crippen LogP contribution in [0.4, 0.5) is 0 Å². The number of aliphatic hydroxyl groups excluding tert-OH is 1. The average Bonchev–Trinajstić information content (AvgIpc) is 2.73. The quantitative estimate of drug-likeness (QED) is 0.829. The monoisotopic (exact) mass is 230 g/mol. The number of benzene rings is 1. The van der Waals surface area contributed by atoms with E-state index in [1.807, 2.05) is 6.07 Å². The number of likely N-dealkylation sites (tertiary alicyclic amines) is 1. The lowest BCUT2D eigenvalue weighted by Crippen LogP contribution is -2.37. The van der Waals surface area contributed by atoms with Gasteiger partial charge in [-0.3, -0.25) is 4.90 Å². The van der Waals surface area contributed by atoms with Gasteiger partial charge in [-0.1, -0.05) is 18.2 Å². The van der Waals surface area contributed by atoms with Crippen molar-refractivity contribution in [1.82, 2.24) is 9.88 Å². The van der Waals surface area contributed by atoms with Crippen molar-refractivity contribution >= 4 is 10.9 Å². The number of para-hydroxylation sites is 1. The third-order valence-corrected chi connectivity index (χ3v) is 3.55. The van der Waals surface area contributed by atoms with Crippen molar-refractivity contribution in [2.24, 2.45) is 0 Å². The Morgan fingerprint density at radius 1 is 1.35 bits per heavy atom. The molecule has 2 N–H and O–H groups in total. The highest BCUT2D eigenvalue weighted by atomic mass is 16.3. The fourth-order valence-corrected chi connectivity index (χ4v) is 2.68. The van der Waals surface area contributed by atoms with Gasteiger partial charge >= 0.3 is 0 Å². The van der Waals surface area contributed by atoms with E-state index in [9.17, 15) is 5.11 Å².